The second-order valence-corrected chi connectivity index (χ2v) is 6.72. The molecule has 0 atom stereocenters. The Hall–Kier alpha value is -2.66. The Kier molecular flexibility index (Phi) is 4.71. The lowest BCUT2D eigenvalue weighted by Gasteiger charge is -2.28. The first-order valence-corrected chi connectivity index (χ1v) is 9.00. The number of aryl methyl sites for hydroxylation is 1. The van der Waals surface area contributed by atoms with Crippen molar-refractivity contribution in [2.45, 2.75) is 25.8 Å². The summed E-state index contributed by atoms with van der Waals surface area (Å²) >= 11 is 6.15. The zero-order valence-electron chi connectivity index (χ0n) is 14.2. The number of hydrogen-bond acceptors (Lipinski definition) is 4. The number of aromatic nitrogens is 2. The maximum Gasteiger partial charge on any atom is 0.249 e. The summed E-state index contributed by atoms with van der Waals surface area (Å²) in [5, 5.41) is 8.64. The molecule has 1 aromatic heterocycles. The third-order valence-electron chi connectivity index (χ3n) is 4.61. The van der Waals surface area contributed by atoms with Gasteiger partial charge in [-0.3, -0.25) is 4.79 Å². The molecule has 2 heterocycles. The minimum Gasteiger partial charge on any atom is -0.421 e. The molecule has 0 fully saturated rings. The van der Waals surface area contributed by atoms with Crippen molar-refractivity contribution in [2.24, 2.45) is 0 Å². The van der Waals surface area contributed by atoms with Crippen molar-refractivity contribution in [3.05, 3.63) is 70.6 Å². The first kappa shape index (κ1) is 16.8. The van der Waals surface area contributed by atoms with Crippen LogP contribution < -0.4 is 0 Å². The van der Waals surface area contributed by atoms with Crippen LogP contribution in [-0.2, 0) is 24.2 Å². The zero-order chi connectivity index (χ0) is 17.9. The van der Waals surface area contributed by atoms with Crippen molar-refractivity contribution < 1.29 is 9.21 Å². The number of fused-ring (bicyclic) bond motifs is 1. The first-order chi connectivity index (χ1) is 12.7. The lowest BCUT2D eigenvalue weighted by molar-refractivity contribution is -0.132. The Morgan fingerprint density at radius 1 is 1.08 bits per heavy atom. The van der Waals surface area contributed by atoms with E-state index >= 15 is 0 Å². The van der Waals surface area contributed by atoms with Gasteiger partial charge in [-0.1, -0.05) is 48.0 Å². The number of carbonyl (C=O) groups excluding carboxylic acids is 1. The Morgan fingerprint density at radius 2 is 1.85 bits per heavy atom. The molecule has 3 aromatic rings. The van der Waals surface area contributed by atoms with E-state index in [9.17, 15) is 4.79 Å². The standard InChI is InChI=1S/C20H18ClN3O2/c21-17-8-4-3-7-16(17)20-23-22-18(26-20)9-10-19(25)24-12-11-14-5-1-2-6-15(14)13-24/h1-8H,9-13H2. The van der Waals surface area contributed by atoms with Crippen molar-refractivity contribution in [3.63, 3.8) is 0 Å². The molecule has 26 heavy (non-hydrogen) atoms. The summed E-state index contributed by atoms with van der Waals surface area (Å²) in [4.78, 5) is 14.4. The van der Waals surface area contributed by atoms with Gasteiger partial charge in [0.15, 0.2) is 0 Å². The lowest BCUT2D eigenvalue weighted by atomic mass is 9.99. The van der Waals surface area contributed by atoms with Crippen LogP contribution >= 0.6 is 11.6 Å². The van der Waals surface area contributed by atoms with Gasteiger partial charge in [0.05, 0.1) is 10.6 Å². The number of nitrogens with zero attached hydrogens (tertiary/aromatic N) is 3. The third-order valence-corrected chi connectivity index (χ3v) is 4.94. The molecule has 2 aromatic carbocycles. The molecule has 1 amide bonds. The molecule has 0 bridgehead atoms. The SMILES string of the molecule is O=C(CCc1nnc(-c2ccccc2Cl)o1)N1CCc2ccccc2C1. The molecule has 1 aliphatic heterocycles. The highest BCUT2D eigenvalue weighted by atomic mass is 35.5. The van der Waals surface area contributed by atoms with E-state index in [-0.39, 0.29) is 5.91 Å². The molecule has 5 nitrogen and oxygen atoms in total. The van der Waals surface area contributed by atoms with E-state index in [1.54, 1.807) is 6.07 Å². The molecule has 0 saturated carbocycles. The molecule has 0 unspecified atom stereocenters. The van der Waals surface area contributed by atoms with Gasteiger partial charge in [0.25, 0.3) is 0 Å². The van der Waals surface area contributed by atoms with Gasteiger partial charge in [-0.15, -0.1) is 10.2 Å². The topological polar surface area (TPSA) is 59.2 Å². The maximum absolute atomic E-state index is 12.5. The number of benzene rings is 2. The van der Waals surface area contributed by atoms with Gasteiger partial charge in [0, 0.05) is 25.9 Å². The fourth-order valence-electron chi connectivity index (χ4n) is 3.18. The lowest BCUT2D eigenvalue weighted by Crippen LogP contribution is -2.36. The second-order valence-electron chi connectivity index (χ2n) is 6.31. The summed E-state index contributed by atoms with van der Waals surface area (Å²) in [5.41, 5.74) is 3.26. The second kappa shape index (κ2) is 7.30. The molecule has 1 aliphatic rings. The van der Waals surface area contributed by atoms with Crippen molar-refractivity contribution in [3.8, 4) is 11.5 Å². The monoisotopic (exact) mass is 367 g/mol. The van der Waals surface area contributed by atoms with Gasteiger partial charge in [0.2, 0.25) is 17.7 Å². The van der Waals surface area contributed by atoms with Gasteiger partial charge < -0.3 is 9.32 Å². The predicted octanol–water partition coefficient (Wildman–Crippen LogP) is 3.91. The largest absolute Gasteiger partial charge is 0.421 e. The van der Waals surface area contributed by atoms with E-state index in [0.29, 0.717) is 41.8 Å². The van der Waals surface area contributed by atoms with Crippen LogP contribution in [-0.4, -0.2) is 27.5 Å². The van der Waals surface area contributed by atoms with Crippen LogP contribution in [0.1, 0.15) is 23.4 Å². The minimum atomic E-state index is 0.108. The third kappa shape index (κ3) is 3.48. The van der Waals surface area contributed by atoms with Gasteiger partial charge >= 0.3 is 0 Å². The van der Waals surface area contributed by atoms with Crippen LogP contribution in [0.3, 0.4) is 0 Å². The van der Waals surface area contributed by atoms with E-state index in [2.05, 4.69) is 22.3 Å². The van der Waals surface area contributed by atoms with Crippen molar-refractivity contribution in [2.75, 3.05) is 6.54 Å². The van der Waals surface area contributed by atoms with E-state index in [4.69, 9.17) is 16.0 Å². The average Bonchev–Trinajstić information content (AvgIpc) is 3.15. The summed E-state index contributed by atoms with van der Waals surface area (Å²) in [6.07, 6.45) is 1.68. The van der Waals surface area contributed by atoms with Crippen LogP contribution in [0.15, 0.2) is 52.9 Å². The fourth-order valence-corrected chi connectivity index (χ4v) is 3.40. The summed E-state index contributed by atoms with van der Waals surface area (Å²) in [7, 11) is 0. The molecular weight excluding hydrogens is 350 g/mol. The molecule has 0 N–H and O–H groups in total. The first-order valence-electron chi connectivity index (χ1n) is 8.62. The molecular formula is C20H18ClN3O2. The van der Waals surface area contributed by atoms with Gasteiger partial charge in [-0.05, 0) is 29.7 Å². The highest BCUT2D eigenvalue weighted by Crippen LogP contribution is 2.26. The number of halogens is 1. The molecule has 4 rings (SSSR count). The molecule has 6 heteroatoms. The zero-order valence-corrected chi connectivity index (χ0v) is 14.9. The molecule has 0 aliphatic carbocycles. The van der Waals surface area contributed by atoms with E-state index in [1.165, 1.54) is 11.1 Å². The van der Waals surface area contributed by atoms with Gasteiger partial charge in [-0.25, -0.2) is 0 Å². The molecule has 0 saturated heterocycles. The van der Waals surface area contributed by atoms with Crippen molar-refractivity contribution in [1.29, 1.82) is 0 Å². The quantitative estimate of drug-likeness (QED) is 0.701. The summed E-state index contributed by atoms with van der Waals surface area (Å²) in [6, 6.07) is 15.6. The number of carbonyl (C=O) groups is 1. The summed E-state index contributed by atoms with van der Waals surface area (Å²) < 4.78 is 5.67. The van der Waals surface area contributed by atoms with Crippen molar-refractivity contribution >= 4 is 17.5 Å². The van der Waals surface area contributed by atoms with Gasteiger partial charge in [-0.2, -0.15) is 0 Å². The predicted molar refractivity (Wildman–Crippen MR) is 98.6 cm³/mol. The maximum atomic E-state index is 12.5. The van der Waals surface area contributed by atoms with Crippen LogP contribution in [0.4, 0.5) is 0 Å². The fraction of sp³-hybridized carbons (Fsp3) is 0.250. The van der Waals surface area contributed by atoms with Crippen molar-refractivity contribution in [1.82, 2.24) is 15.1 Å². The number of hydrogen-bond donors (Lipinski definition) is 0. The minimum absolute atomic E-state index is 0.108. The average molecular weight is 368 g/mol. The Morgan fingerprint density at radius 3 is 2.69 bits per heavy atom. The van der Waals surface area contributed by atoms with E-state index in [0.717, 1.165) is 13.0 Å². The molecule has 0 radical (unpaired) electrons. The van der Waals surface area contributed by atoms with E-state index in [1.807, 2.05) is 35.2 Å². The van der Waals surface area contributed by atoms with Crippen LogP contribution in [0.5, 0.6) is 0 Å². The van der Waals surface area contributed by atoms with Crippen LogP contribution in [0.25, 0.3) is 11.5 Å². The smallest absolute Gasteiger partial charge is 0.249 e. The summed E-state index contributed by atoms with van der Waals surface area (Å²) in [5.74, 6) is 0.938. The molecule has 132 valence electrons. The highest BCUT2D eigenvalue weighted by molar-refractivity contribution is 6.33. The number of rotatable bonds is 4. The Labute approximate surface area is 156 Å². The van der Waals surface area contributed by atoms with Crippen LogP contribution in [0, 0.1) is 0 Å². The normalized spacial score (nSPS) is 13.5. The highest BCUT2D eigenvalue weighted by Gasteiger charge is 2.21. The number of amides is 1. The molecule has 0 spiro atoms. The Bertz CT molecular complexity index is 938. The van der Waals surface area contributed by atoms with Crippen LogP contribution in [0.2, 0.25) is 5.02 Å². The summed E-state index contributed by atoms with van der Waals surface area (Å²) in [6.45, 7) is 1.42. The van der Waals surface area contributed by atoms with Gasteiger partial charge in [0.1, 0.15) is 0 Å². The van der Waals surface area contributed by atoms with E-state index < -0.39 is 0 Å². The Balaban J connectivity index is 1.38.